The number of hydrogen-bond acceptors (Lipinski definition) is 4. The van der Waals surface area contributed by atoms with Crippen LogP contribution < -0.4 is 4.74 Å². The third-order valence-corrected chi connectivity index (χ3v) is 4.41. The third kappa shape index (κ3) is 4.41. The van der Waals surface area contributed by atoms with Gasteiger partial charge in [0.15, 0.2) is 0 Å². The summed E-state index contributed by atoms with van der Waals surface area (Å²) in [7, 11) is 2.13. The van der Waals surface area contributed by atoms with Crippen LogP contribution in [0.4, 0.5) is 0 Å². The molecule has 5 heteroatoms. The molecule has 0 aliphatic carbocycles. The Morgan fingerprint density at radius 3 is 2.73 bits per heavy atom. The predicted molar refractivity (Wildman–Crippen MR) is 103 cm³/mol. The quantitative estimate of drug-likeness (QED) is 0.661. The van der Waals surface area contributed by atoms with Crippen molar-refractivity contribution in [1.82, 2.24) is 15.1 Å². The lowest BCUT2D eigenvalue weighted by Gasteiger charge is -2.15. The van der Waals surface area contributed by atoms with Crippen LogP contribution in [-0.2, 0) is 13.2 Å². The molecule has 5 nitrogen and oxygen atoms in total. The summed E-state index contributed by atoms with van der Waals surface area (Å²) in [4.78, 5) is 2.31. The third-order valence-electron chi connectivity index (χ3n) is 4.41. The summed E-state index contributed by atoms with van der Waals surface area (Å²) < 4.78 is 5.93. The molecular formula is C21H24N4O. The first-order chi connectivity index (χ1) is 12.7. The predicted octanol–water partition coefficient (Wildman–Crippen LogP) is 4.25. The van der Waals surface area contributed by atoms with Crippen LogP contribution in [0.25, 0.3) is 10.9 Å². The zero-order chi connectivity index (χ0) is 18.4. The van der Waals surface area contributed by atoms with Crippen LogP contribution >= 0.6 is 0 Å². The van der Waals surface area contributed by atoms with Crippen LogP contribution in [0.15, 0.2) is 42.5 Å². The number of nitriles is 1. The Morgan fingerprint density at radius 1 is 1.19 bits per heavy atom. The number of aromatic nitrogens is 2. The van der Waals surface area contributed by atoms with Gasteiger partial charge in [-0.25, -0.2) is 0 Å². The second-order valence-corrected chi connectivity index (χ2v) is 6.57. The lowest BCUT2D eigenvalue weighted by Crippen LogP contribution is -2.19. The molecule has 0 aliphatic rings. The number of ether oxygens (including phenoxy) is 1. The maximum Gasteiger partial charge on any atom is 0.120 e. The largest absolute Gasteiger partial charge is 0.489 e. The number of aromatic amines is 1. The van der Waals surface area contributed by atoms with Crippen molar-refractivity contribution < 1.29 is 4.74 Å². The molecule has 0 unspecified atom stereocenters. The van der Waals surface area contributed by atoms with E-state index >= 15 is 0 Å². The van der Waals surface area contributed by atoms with Gasteiger partial charge in [-0.2, -0.15) is 10.4 Å². The van der Waals surface area contributed by atoms with E-state index in [2.05, 4.69) is 35.1 Å². The number of benzene rings is 2. The molecule has 1 aromatic heterocycles. The van der Waals surface area contributed by atoms with Gasteiger partial charge in [-0.1, -0.05) is 25.5 Å². The van der Waals surface area contributed by atoms with Crippen molar-refractivity contribution >= 4 is 10.9 Å². The maximum absolute atomic E-state index is 8.86. The molecule has 134 valence electrons. The fraction of sp³-hybridized carbons (Fsp3) is 0.333. The van der Waals surface area contributed by atoms with Gasteiger partial charge in [0.2, 0.25) is 0 Å². The molecule has 3 rings (SSSR count). The smallest absolute Gasteiger partial charge is 0.120 e. The summed E-state index contributed by atoms with van der Waals surface area (Å²) in [6.07, 6.45) is 2.39. The zero-order valence-electron chi connectivity index (χ0n) is 15.3. The summed E-state index contributed by atoms with van der Waals surface area (Å²) in [6, 6.07) is 15.5. The first-order valence-electron chi connectivity index (χ1n) is 8.97. The van der Waals surface area contributed by atoms with Crippen molar-refractivity contribution in [1.29, 1.82) is 5.26 Å². The van der Waals surface area contributed by atoms with Crippen LogP contribution in [0, 0.1) is 11.3 Å². The Labute approximate surface area is 154 Å². The van der Waals surface area contributed by atoms with Crippen LogP contribution in [0.3, 0.4) is 0 Å². The Kier molecular flexibility index (Phi) is 5.88. The van der Waals surface area contributed by atoms with E-state index in [4.69, 9.17) is 10.00 Å². The molecule has 0 amide bonds. The maximum atomic E-state index is 8.86. The second kappa shape index (κ2) is 8.50. The van der Waals surface area contributed by atoms with Gasteiger partial charge in [0, 0.05) is 11.9 Å². The monoisotopic (exact) mass is 348 g/mol. The molecule has 2 aromatic carbocycles. The molecule has 0 bridgehead atoms. The molecule has 26 heavy (non-hydrogen) atoms. The van der Waals surface area contributed by atoms with E-state index < -0.39 is 0 Å². The van der Waals surface area contributed by atoms with Gasteiger partial charge >= 0.3 is 0 Å². The van der Waals surface area contributed by atoms with E-state index in [0.717, 1.165) is 41.0 Å². The van der Waals surface area contributed by atoms with Crippen molar-refractivity contribution in [3.63, 3.8) is 0 Å². The lowest BCUT2D eigenvalue weighted by molar-refractivity contribution is 0.306. The Morgan fingerprint density at radius 2 is 2.00 bits per heavy atom. The van der Waals surface area contributed by atoms with Crippen molar-refractivity contribution in [2.24, 2.45) is 0 Å². The molecule has 0 saturated heterocycles. The Balaban J connectivity index is 1.69. The van der Waals surface area contributed by atoms with E-state index in [9.17, 15) is 0 Å². The van der Waals surface area contributed by atoms with Gasteiger partial charge in [0.25, 0.3) is 0 Å². The van der Waals surface area contributed by atoms with Crippen molar-refractivity contribution in [2.75, 3.05) is 13.6 Å². The summed E-state index contributed by atoms with van der Waals surface area (Å²) in [6.45, 7) is 4.60. The highest BCUT2D eigenvalue weighted by Crippen LogP contribution is 2.24. The topological polar surface area (TPSA) is 64.9 Å². The standard InChI is InChI=1S/C21H24N4O/c1-3-4-11-25(2)14-21-19-12-18(9-10-20(19)23-24-21)26-15-17-7-5-16(13-22)6-8-17/h5-10,12H,3-4,11,14-15H2,1-2H3,(H,23,24). The van der Waals surface area contributed by atoms with E-state index in [1.54, 1.807) is 0 Å². The first kappa shape index (κ1) is 18.0. The van der Waals surface area contributed by atoms with Crippen LogP contribution in [0.1, 0.15) is 36.6 Å². The highest BCUT2D eigenvalue weighted by atomic mass is 16.5. The van der Waals surface area contributed by atoms with Gasteiger partial charge in [-0.05, 0) is 55.9 Å². The molecule has 0 aliphatic heterocycles. The first-order valence-corrected chi connectivity index (χ1v) is 8.97. The molecule has 0 fully saturated rings. The molecule has 1 heterocycles. The number of nitrogens with zero attached hydrogens (tertiary/aromatic N) is 3. The normalized spacial score (nSPS) is 11.0. The van der Waals surface area contributed by atoms with Gasteiger partial charge < -0.3 is 9.64 Å². The summed E-state index contributed by atoms with van der Waals surface area (Å²) >= 11 is 0. The summed E-state index contributed by atoms with van der Waals surface area (Å²) in [5.74, 6) is 0.820. The SMILES string of the molecule is CCCCN(C)Cc1[nH]nc2ccc(OCc3ccc(C#N)cc3)cc12. The average Bonchev–Trinajstić information content (AvgIpc) is 3.07. The summed E-state index contributed by atoms with van der Waals surface area (Å²) in [5, 5.41) is 17.5. The fourth-order valence-electron chi connectivity index (χ4n) is 2.87. The number of fused-ring (bicyclic) bond motifs is 1. The minimum atomic E-state index is 0.473. The minimum absolute atomic E-state index is 0.473. The van der Waals surface area contributed by atoms with Gasteiger partial charge in [0.1, 0.15) is 12.4 Å². The second-order valence-electron chi connectivity index (χ2n) is 6.57. The van der Waals surface area contributed by atoms with E-state index in [0.29, 0.717) is 12.2 Å². The van der Waals surface area contributed by atoms with E-state index in [1.165, 1.54) is 12.8 Å². The van der Waals surface area contributed by atoms with Crippen LogP contribution in [0.2, 0.25) is 0 Å². The number of nitrogens with one attached hydrogen (secondary N) is 1. The van der Waals surface area contributed by atoms with E-state index in [-0.39, 0.29) is 0 Å². The number of unbranched alkanes of at least 4 members (excludes halogenated alkanes) is 1. The zero-order valence-corrected chi connectivity index (χ0v) is 15.3. The van der Waals surface area contributed by atoms with Crippen LogP contribution in [-0.4, -0.2) is 28.7 Å². The summed E-state index contributed by atoms with van der Waals surface area (Å²) in [5.41, 5.74) is 3.76. The number of hydrogen-bond donors (Lipinski definition) is 1. The molecule has 0 saturated carbocycles. The highest BCUT2D eigenvalue weighted by molar-refractivity contribution is 5.82. The molecule has 0 atom stereocenters. The highest BCUT2D eigenvalue weighted by Gasteiger charge is 2.09. The lowest BCUT2D eigenvalue weighted by atomic mass is 10.1. The molecule has 1 N–H and O–H groups in total. The Bertz CT molecular complexity index is 893. The van der Waals surface area contributed by atoms with Crippen molar-refractivity contribution in [2.45, 2.75) is 32.9 Å². The minimum Gasteiger partial charge on any atom is -0.489 e. The molecule has 0 spiro atoms. The van der Waals surface area contributed by atoms with Gasteiger partial charge in [-0.3, -0.25) is 5.10 Å². The van der Waals surface area contributed by atoms with Crippen molar-refractivity contribution in [3.05, 3.63) is 59.3 Å². The molecule has 3 aromatic rings. The van der Waals surface area contributed by atoms with Crippen molar-refractivity contribution in [3.8, 4) is 11.8 Å². The van der Waals surface area contributed by atoms with E-state index in [1.807, 2.05) is 42.5 Å². The Hall–Kier alpha value is -2.84. The number of rotatable bonds is 8. The van der Waals surface area contributed by atoms with Gasteiger partial charge in [0.05, 0.1) is 22.8 Å². The number of H-pyrrole nitrogens is 1. The molecular weight excluding hydrogens is 324 g/mol. The van der Waals surface area contributed by atoms with Crippen LogP contribution in [0.5, 0.6) is 5.75 Å². The average molecular weight is 348 g/mol. The fourth-order valence-corrected chi connectivity index (χ4v) is 2.87. The molecule has 0 radical (unpaired) electrons. The van der Waals surface area contributed by atoms with Gasteiger partial charge in [-0.15, -0.1) is 0 Å².